The number of Topliss-reactive ketones (excluding diaryl/α,β-unsaturated/α-hetero) is 1. The third-order valence-corrected chi connectivity index (χ3v) is 11.8. The average Bonchev–Trinajstić information content (AvgIpc) is 3.23. The van der Waals surface area contributed by atoms with Crippen molar-refractivity contribution in [3.8, 4) is 0 Å². The summed E-state index contributed by atoms with van der Waals surface area (Å²) in [4.78, 5) is 79.2. The molecule has 48 heavy (non-hydrogen) atoms. The van der Waals surface area contributed by atoms with E-state index in [0.29, 0.717) is 5.57 Å². The van der Waals surface area contributed by atoms with Crippen LogP contribution in [0.2, 0.25) is 0 Å². The summed E-state index contributed by atoms with van der Waals surface area (Å²) in [6.07, 6.45) is -3.12. The molecule has 0 aliphatic heterocycles. The van der Waals surface area contributed by atoms with Crippen LogP contribution in [0.5, 0.6) is 0 Å². The molecule has 11 heteroatoms. The molecule has 0 amide bonds. The van der Waals surface area contributed by atoms with E-state index in [2.05, 4.69) is 6.58 Å². The molecule has 4 aliphatic rings. The lowest BCUT2D eigenvalue weighted by Gasteiger charge is -2.61. The highest BCUT2D eigenvalue weighted by Gasteiger charge is 2.94. The van der Waals surface area contributed by atoms with E-state index >= 15 is 0 Å². The minimum atomic E-state index is -1.59. The molecule has 2 bridgehead atoms. The predicted molar refractivity (Wildman–Crippen MR) is 170 cm³/mol. The van der Waals surface area contributed by atoms with E-state index in [9.17, 15) is 28.8 Å². The van der Waals surface area contributed by atoms with Crippen LogP contribution in [0.15, 0.2) is 48.6 Å². The van der Waals surface area contributed by atoms with Gasteiger partial charge in [0.15, 0.2) is 0 Å². The van der Waals surface area contributed by atoms with E-state index in [-0.39, 0.29) is 18.6 Å². The predicted octanol–water partition coefficient (Wildman–Crippen LogP) is 4.56. The molecule has 0 N–H and O–H groups in total. The molecule has 1 unspecified atom stereocenters. The zero-order chi connectivity index (χ0) is 35.6. The van der Waals surface area contributed by atoms with Gasteiger partial charge in [0.25, 0.3) is 0 Å². The Hall–Kier alpha value is -4.28. The maximum absolute atomic E-state index is 14.1. The van der Waals surface area contributed by atoms with E-state index in [1.165, 1.54) is 33.8 Å². The topological polar surface area (TPSA) is 149 Å². The van der Waals surface area contributed by atoms with Crippen LogP contribution in [0, 0.1) is 33.5 Å². The molecule has 258 valence electrons. The van der Waals surface area contributed by atoms with Gasteiger partial charge < -0.3 is 23.7 Å². The Morgan fingerprint density at radius 2 is 1.33 bits per heavy atom. The van der Waals surface area contributed by atoms with Gasteiger partial charge in [0.2, 0.25) is 0 Å². The molecule has 2 spiro atoms. The summed E-state index contributed by atoms with van der Waals surface area (Å²) in [5, 5.41) is 0. The molecule has 1 aromatic carbocycles. The maximum Gasteiger partial charge on any atom is 0.331 e. The van der Waals surface area contributed by atoms with Gasteiger partial charge in [0.05, 0.1) is 10.8 Å². The van der Waals surface area contributed by atoms with E-state index in [1.807, 2.05) is 44.2 Å². The van der Waals surface area contributed by atoms with Crippen LogP contribution in [-0.2, 0) is 52.5 Å². The fraction of sp³-hybridized carbons (Fsp3) is 0.568. The van der Waals surface area contributed by atoms with Gasteiger partial charge in [0.1, 0.15) is 36.3 Å². The SMILES string of the molecule is C=C1[C@@H](OC(=O)/C=C/c2ccccc2)C[C@H](OC(C)=O)[C@@]2(C)[C@@H](OC(C)=O)[C@H](OC(C)=O)[C@@]34[C@H](C)C(=O)C[C@@H]([C@@H](OC(C)=O)C123)C4(C)C. The van der Waals surface area contributed by atoms with Crippen LogP contribution in [0.3, 0.4) is 0 Å². The van der Waals surface area contributed by atoms with E-state index in [0.717, 1.165) is 5.56 Å². The van der Waals surface area contributed by atoms with Crippen molar-refractivity contribution in [1.82, 2.24) is 0 Å². The third-order valence-electron chi connectivity index (χ3n) is 11.8. The Bertz CT molecular complexity index is 1590. The van der Waals surface area contributed by atoms with Gasteiger partial charge in [-0.05, 0) is 22.6 Å². The second-order valence-electron chi connectivity index (χ2n) is 14.3. The summed E-state index contributed by atoms with van der Waals surface area (Å²) in [5.41, 5.74) is -4.42. The molecule has 0 radical (unpaired) electrons. The molecule has 4 saturated carbocycles. The second kappa shape index (κ2) is 12.0. The van der Waals surface area contributed by atoms with Crippen molar-refractivity contribution in [1.29, 1.82) is 0 Å². The first kappa shape index (κ1) is 35.0. The highest BCUT2D eigenvalue weighted by Crippen LogP contribution is 2.87. The summed E-state index contributed by atoms with van der Waals surface area (Å²) in [6.45, 7) is 16.8. The van der Waals surface area contributed by atoms with Gasteiger partial charge in [-0.2, -0.15) is 0 Å². The minimum Gasteiger partial charge on any atom is -0.462 e. The van der Waals surface area contributed by atoms with Crippen LogP contribution < -0.4 is 0 Å². The summed E-state index contributed by atoms with van der Waals surface area (Å²) in [7, 11) is 0. The van der Waals surface area contributed by atoms with Gasteiger partial charge in [-0.25, -0.2) is 4.79 Å². The fourth-order valence-corrected chi connectivity index (χ4v) is 10.5. The van der Waals surface area contributed by atoms with Crippen LogP contribution >= 0.6 is 0 Å². The average molecular weight is 665 g/mol. The summed E-state index contributed by atoms with van der Waals surface area (Å²) in [6, 6.07) is 9.14. The van der Waals surface area contributed by atoms with Crippen LogP contribution in [0.4, 0.5) is 0 Å². The first-order chi connectivity index (χ1) is 22.4. The lowest BCUT2D eigenvalue weighted by Crippen LogP contribution is -2.67. The van der Waals surface area contributed by atoms with Gasteiger partial charge in [-0.3, -0.25) is 24.0 Å². The lowest BCUT2D eigenvalue weighted by atomic mass is 9.42. The Labute approximate surface area is 280 Å². The van der Waals surface area contributed by atoms with E-state index < -0.39 is 93.9 Å². The minimum absolute atomic E-state index is 0.0342. The Balaban J connectivity index is 1.83. The smallest absolute Gasteiger partial charge is 0.331 e. The van der Waals surface area contributed by atoms with Crippen molar-refractivity contribution in [3.05, 3.63) is 54.1 Å². The molecule has 10 atom stereocenters. The zero-order valence-electron chi connectivity index (χ0n) is 28.7. The number of hydrogen-bond donors (Lipinski definition) is 0. The number of carbonyl (C=O) groups excluding carboxylic acids is 6. The molecule has 1 aromatic rings. The summed E-state index contributed by atoms with van der Waals surface area (Å²) >= 11 is 0. The van der Waals surface area contributed by atoms with Crippen molar-refractivity contribution in [2.45, 2.75) is 98.8 Å². The van der Waals surface area contributed by atoms with Crippen molar-refractivity contribution < 1.29 is 52.5 Å². The number of esters is 5. The standard InChI is InChI=1S/C37H44O11/c1-19-27(42)17-26-31(45-22(4)39)37-20(2)28(48-30(43)16-15-25-13-11-10-12-14-25)18-29(44-21(3)38)35(37,9)32(46-23(5)40)33(47-24(6)41)36(19,37)34(26,7)8/h10-16,19,26,28-29,31-33H,2,17-18H2,1,3-9H3/b16-15+/t19-,26+,28+,29+,31-,32+,33+,35+,36-,37?/m1/s1. The zero-order valence-corrected chi connectivity index (χ0v) is 28.7. The van der Waals surface area contributed by atoms with E-state index in [1.54, 1.807) is 19.9 Å². The van der Waals surface area contributed by atoms with Crippen LogP contribution in [0.1, 0.15) is 73.8 Å². The van der Waals surface area contributed by atoms with E-state index in [4.69, 9.17) is 23.7 Å². The first-order valence-electron chi connectivity index (χ1n) is 16.2. The monoisotopic (exact) mass is 664 g/mol. The lowest BCUT2D eigenvalue weighted by molar-refractivity contribution is -0.216. The number of rotatable bonds is 7. The molecule has 0 aromatic heterocycles. The van der Waals surface area contributed by atoms with Crippen LogP contribution in [0.25, 0.3) is 6.08 Å². The quantitative estimate of drug-likeness (QED) is 0.175. The highest BCUT2D eigenvalue weighted by atomic mass is 16.6. The molecular weight excluding hydrogens is 620 g/mol. The van der Waals surface area contributed by atoms with Gasteiger partial charge in [-0.1, -0.05) is 64.6 Å². The maximum atomic E-state index is 14.1. The Kier molecular flexibility index (Phi) is 8.76. The molecule has 0 heterocycles. The Morgan fingerprint density at radius 1 is 0.792 bits per heavy atom. The number of fused-ring (bicyclic) bond motifs is 1. The first-order valence-corrected chi connectivity index (χ1v) is 16.2. The highest BCUT2D eigenvalue weighted by molar-refractivity contribution is 5.88. The number of ketones is 1. The molecular formula is C37H44O11. The summed E-state index contributed by atoms with van der Waals surface area (Å²) in [5.74, 6) is -5.07. The van der Waals surface area contributed by atoms with Crippen molar-refractivity contribution in [3.63, 3.8) is 0 Å². The second-order valence-corrected chi connectivity index (χ2v) is 14.3. The van der Waals surface area contributed by atoms with Gasteiger partial charge in [0, 0.05) is 63.9 Å². The largest absolute Gasteiger partial charge is 0.462 e. The van der Waals surface area contributed by atoms with Crippen molar-refractivity contribution in [2.24, 2.45) is 33.5 Å². The Morgan fingerprint density at radius 3 is 1.90 bits per heavy atom. The summed E-state index contributed by atoms with van der Waals surface area (Å²) < 4.78 is 30.7. The number of benzene rings is 1. The fourth-order valence-electron chi connectivity index (χ4n) is 10.5. The number of ether oxygens (including phenoxy) is 5. The van der Waals surface area contributed by atoms with Crippen molar-refractivity contribution in [2.75, 3.05) is 0 Å². The van der Waals surface area contributed by atoms with Crippen LogP contribution in [-0.4, -0.2) is 66.1 Å². The molecule has 4 aliphatic carbocycles. The molecule has 5 rings (SSSR count). The number of carbonyl (C=O) groups is 6. The molecule has 0 saturated heterocycles. The number of hydrogen-bond acceptors (Lipinski definition) is 11. The normalized spacial score (nSPS) is 37.6. The van der Waals surface area contributed by atoms with Gasteiger partial charge in [-0.15, -0.1) is 0 Å². The molecule has 11 nitrogen and oxygen atoms in total. The van der Waals surface area contributed by atoms with Gasteiger partial charge >= 0.3 is 29.8 Å². The molecule has 4 fully saturated rings. The van der Waals surface area contributed by atoms with Crippen molar-refractivity contribution >= 4 is 41.7 Å². The third kappa shape index (κ3) is 4.67.